The number of halogens is 3. The maximum atomic E-state index is 13.3. The highest BCUT2D eigenvalue weighted by Gasteiger charge is 2.35. The fourth-order valence-corrected chi connectivity index (χ4v) is 4.74. The molecule has 1 aromatic carbocycles. The first-order chi connectivity index (χ1) is 19.3. The molecule has 0 aliphatic carbocycles. The standard InChI is InChI=1S/C27H26F3N9O/c1-16(2)38-13-21(27(28,29)30)35-25(38)18-5-3-17(4-6-18)11-33-24-26-32-8-9-39(26)37-23(36-24)20-12-31-15-34-22(20)19-7-10-40-14-19/h3-6,8-9,12-13,15-16,19H,7,10-11,14H2,1-2H3,(H,33,36,37). The summed E-state index contributed by atoms with van der Waals surface area (Å²) < 4.78 is 48.6. The number of hydrogen-bond donors (Lipinski definition) is 1. The van der Waals surface area contributed by atoms with Gasteiger partial charge in [0.25, 0.3) is 0 Å². The molecule has 206 valence electrons. The average Bonchev–Trinajstić information content (AvgIpc) is 3.72. The summed E-state index contributed by atoms with van der Waals surface area (Å²) in [6.07, 6.45) is 4.04. The minimum Gasteiger partial charge on any atom is -0.381 e. The number of nitrogens with one attached hydrogen (secondary N) is 1. The first-order valence-corrected chi connectivity index (χ1v) is 12.9. The SMILES string of the molecule is CC(C)n1cc(C(F)(F)F)nc1-c1ccc(CNc2nc(-c3cncnc3C3CCOC3)nn3ccnc23)cc1. The van der Waals surface area contributed by atoms with Crippen molar-refractivity contribution in [1.82, 2.24) is 39.1 Å². The highest BCUT2D eigenvalue weighted by atomic mass is 19.4. The van der Waals surface area contributed by atoms with Gasteiger partial charge < -0.3 is 14.6 Å². The number of nitrogens with zero attached hydrogens (tertiary/aromatic N) is 8. The summed E-state index contributed by atoms with van der Waals surface area (Å²) in [7, 11) is 0. The molecule has 0 radical (unpaired) electrons. The van der Waals surface area contributed by atoms with Crippen LogP contribution in [0.2, 0.25) is 0 Å². The van der Waals surface area contributed by atoms with Crippen molar-refractivity contribution in [2.45, 2.75) is 44.9 Å². The Kier molecular flexibility index (Phi) is 6.66. The number of imidazole rings is 2. The molecule has 1 unspecified atom stereocenters. The van der Waals surface area contributed by atoms with E-state index in [2.05, 4.69) is 30.4 Å². The van der Waals surface area contributed by atoms with Gasteiger partial charge in [0, 0.05) is 55.5 Å². The van der Waals surface area contributed by atoms with E-state index in [1.807, 2.05) is 26.0 Å². The lowest BCUT2D eigenvalue weighted by Crippen LogP contribution is -2.10. The predicted molar refractivity (Wildman–Crippen MR) is 140 cm³/mol. The van der Waals surface area contributed by atoms with E-state index in [0.717, 1.165) is 29.4 Å². The smallest absolute Gasteiger partial charge is 0.381 e. The summed E-state index contributed by atoms with van der Waals surface area (Å²) in [6.45, 7) is 5.32. The lowest BCUT2D eigenvalue weighted by molar-refractivity contribution is -0.140. The van der Waals surface area contributed by atoms with Crippen LogP contribution in [0.3, 0.4) is 0 Å². The first-order valence-electron chi connectivity index (χ1n) is 12.9. The summed E-state index contributed by atoms with van der Waals surface area (Å²) in [5.74, 6) is 1.41. The molecule has 6 rings (SSSR count). The third-order valence-corrected chi connectivity index (χ3v) is 6.81. The van der Waals surface area contributed by atoms with Crippen molar-refractivity contribution in [2.24, 2.45) is 0 Å². The van der Waals surface area contributed by atoms with E-state index in [-0.39, 0.29) is 17.8 Å². The minimum absolute atomic E-state index is 0.147. The van der Waals surface area contributed by atoms with Crippen LogP contribution < -0.4 is 5.32 Å². The summed E-state index contributed by atoms with van der Waals surface area (Å²) >= 11 is 0. The van der Waals surface area contributed by atoms with E-state index in [9.17, 15) is 13.2 Å². The molecular weight excluding hydrogens is 523 g/mol. The molecule has 10 nitrogen and oxygen atoms in total. The number of anilines is 1. The topological polar surface area (TPSA) is 108 Å². The molecule has 1 aliphatic heterocycles. The van der Waals surface area contributed by atoms with Crippen LogP contribution in [0.15, 0.2) is 55.4 Å². The normalized spacial score (nSPS) is 15.8. The highest BCUT2D eigenvalue weighted by Crippen LogP contribution is 2.33. The van der Waals surface area contributed by atoms with Gasteiger partial charge in [-0.15, -0.1) is 5.10 Å². The summed E-state index contributed by atoms with van der Waals surface area (Å²) in [5, 5.41) is 7.97. The summed E-state index contributed by atoms with van der Waals surface area (Å²) in [5.41, 5.74) is 2.74. The third kappa shape index (κ3) is 4.99. The zero-order valence-corrected chi connectivity index (χ0v) is 21.8. The van der Waals surface area contributed by atoms with Crippen LogP contribution in [0.5, 0.6) is 0 Å². The monoisotopic (exact) mass is 549 g/mol. The molecule has 1 N–H and O–H groups in total. The van der Waals surface area contributed by atoms with Gasteiger partial charge in [-0.1, -0.05) is 24.3 Å². The number of alkyl halides is 3. The first kappa shape index (κ1) is 25.9. The number of aromatic nitrogens is 8. The Labute approximate surface area is 227 Å². The van der Waals surface area contributed by atoms with Gasteiger partial charge in [0.1, 0.15) is 12.2 Å². The van der Waals surface area contributed by atoms with Gasteiger partial charge in [0.05, 0.1) is 17.9 Å². The van der Waals surface area contributed by atoms with E-state index in [1.54, 1.807) is 35.2 Å². The predicted octanol–water partition coefficient (Wildman–Crippen LogP) is 5.16. The Morgan fingerprint density at radius 2 is 1.95 bits per heavy atom. The fourth-order valence-electron chi connectivity index (χ4n) is 4.74. The summed E-state index contributed by atoms with van der Waals surface area (Å²) in [4.78, 5) is 21.7. The van der Waals surface area contributed by atoms with Crippen molar-refractivity contribution in [3.63, 3.8) is 0 Å². The number of benzene rings is 1. The number of ether oxygens (including phenoxy) is 1. The van der Waals surface area contributed by atoms with Gasteiger partial charge in [-0.25, -0.2) is 29.4 Å². The Balaban J connectivity index is 1.26. The molecule has 1 fully saturated rings. The van der Waals surface area contributed by atoms with Gasteiger partial charge in [-0.2, -0.15) is 13.2 Å². The lowest BCUT2D eigenvalue weighted by atomic mass is 10.00. The molecular formula is C27H26F3N9O. The third-order valence-electron chi connectivity index (χ3n) is 6.81. The Morgan fingerprint density at radius 1 is 1.12 bits per heavy atom. The average molecular weight is 550 g/mol. The molecule has 5 aromatic rings. The molecule has 0 amide bonds. The Hall–Kier alpha value is -4.39. The second-order valence-electron chi connectivity index (χ2n) is 9.86. The fraction of sp³-hybridized carbons (Fsp3) is 0.333. The molecule has 0 spiro atoms. The van der Waals surface area contributed by atoms with E-state index < -0.39 is 11.9 Å². The molecule has 13 heteroatoms. The van der Waals surface area contributed by atoms with Crippen molar-refractivity contribution in [2.75, 3.05) is 18.5 Å². The van der Waals surface area contributed by atoms with Gasteiger partial charge in [0.15, 0.2) is 23.0 Å². The molecule has 1 saturated heterocycles. The second kappa shape index (κ2) is 10.3. The molecule has 0 saturated carbocycles. The van der Waals surface area contributed by atoms with Crippen LogP contribution in [0, 0.1) is 0 Å². The van der Waals surface area contributed by atoms with Crippen molar-refractivity contribution >= 4 is 11.5 Å². The van der Waals surface area contributed by atoms with E-state index in [1.165, 1.54) is 10.9 Å². The molecule has 40 heavy (non-hydrogen) atoms. The highest BCUT2D eigenvalue weighted by molar-refractivity contribution is 5.67. The molecule has 1 aliphatic rings. The van der Waals surface area contributed by atoms with Crippen LogP contribution in [0.25, 0.3) is 28.4 Å². The van der Waals surface area contributed by atoms with E-state index >= 15 is 0 Å². The quantitative estimate of drug-likeness (QED) is 0.297. The summed E-state index contributed by atoms with van der Waals surface area (Å²) in [6, 6.07) is 7.06. The molecule has 5 heterocycles. The van der Waals surface area contributed by atoms with E-state index in [0.29, 0.717) is 42.6 Å². The Morgan fingerprint density at radius 3 is 2.67 bits per heavy atom. The number of rotatable bonds is 7. The van der Waals surface area contributed by atoms with Crippen molar-refractivity contribution < 1.29 is 17.9 Å². The minimum atomic E-state index is -4.51. The maximum Gasteiger partial charge on any atom is 0.434 e. The number of fused-ring (bicyclic) bond motifs is 1. The van der Waals surface area contributed by atoms with Gasteiger partial charge in [0.2, 0.25) is 0 Å². The van der Waals surface area contributed by atoms with E-state index in [4.69, 9.17) is 9.72 Å². The largest absolute Gasteiger partial charge is 0.434 e. The van der Waals surface area contributed by atoms with Crippen LogP contribution in [-0.2, 0) is 17.5 Å². The van der Waals surface area contributed by atoms with Crippen LogP contribution >= 0.6 is 0 Å². The Bertz CT molecular complexity index is 1640. The molecule has 0 bridgehead atoms. The van der Waals surface area contributed by atoms with Crippen LogP contribution in [-0.4, -0.2) is 52.3 Å². The second-order valence-corrected chi connectivity index (χ2v) is 9.86. The van der Waals surface area contributed by atoms with Crippen molar-refractivity contribution in [3.05, 3.63) is 72.3 Å². The van der Waals surface area contributed by atoms with Crippen LogP contribution in [0.4, 0.5) is 19.0 Å². The van der Waals surface area contributed by atoms with Crippen molar-refractivity contribution in [1.29, 1.82) is 0 Å². The lowest BCUT2D eigenvalue weighted by Gasteiger charge is -2.14. The van der Waals surface area contributed by atoms with Gasteiger partial charge in [-0.3, -0.25) is 0 Å². The maximum absolute atomic E-state index is 13.3. The molecule has 4 aromatic heterocycles. The van der Waals surface area contributed by atoms with Crippen LogP contribution in [0.1, 0.15) is 49.2 Å². The van der Waals surface area contributed by atoms with Gasteiger partial charge >= 0.3 is 6.18 Å². The molecule has 1 atom stereocenters. The number of hydrogen-bond acceptors (Lipinski definition) is 8. The zero-order chi connectivity index (χ0) is 27.9. The zero-order valence-electron chi connectivity index (χ0n) is 21.8. The van der Waals surface area contributed by atoms with Crippen molar-refractivity contribution in [3.8, 4) is 22.8 Å². The van der Waals surface area contributed by atoms with Gasteiger partial charge in [-0.05, 0) is 25.8 Å².